The van der Waals surface area contributed by atoms with Crippen molar-refractivity contribution in [2.24, 2.45) is 11.1 Å². The van der Waals surface area contributed by atoms with Crippen LogP contribution < -0.4 is 14.8 Å². The Kier molecular flexibility index (Phi) is 4.97. The summed E-state index contributed by atoms with van der Waals surface area (Å²) >= 11 is 0. The van der Waals surface area contributed by atoms with E-state index in [1.54, 1.807) is 18.2 Å². The lowest BCUT2D eigenvalue weighted by molar-refractivity contribution is -0.117. The zero-order chi connectivity index (χ0) is 16.3. The number of nitrogens with two attached hydrogens (primary N) is 1. The molecule has 1 saturated heterocycles. The van der Waals surface area contributed by atoms with Crippen LogP contribution in [0, 0.1) is 5.92 Å². The molecule has 2 rings (SSSR count). The predicted molar refractivity (Wildman–Crippen MR) is 76.4 cm³/mol. The molecule has 0 radical (unpaired) electrons. The number of sulfonamides is 1. The van der Waals surface area contributed by atoms with Gasteiger partial charge in [0.25, 0.3) is 6.43 Å². The first-order chi connectivity index (χ1) is 10.3. The quantitative estimate of drug-likeness (QED) is 0.839. The highest BCUT2D eigenvalue weighted by molar-refractivity contribution is 7.89. The third-order valence-electron chi connectivity index (χ3n) is 3.19. The molecule has 1 aliphatic rings. The topological polar surface area (TPSA) is 89.7 Å². The van der Waals surface area contributed by atoms with Gasteiger partial charge in [-0.1, -0.05) is 12.1 Å². The first-order valence-electron chi connectivity index (χ1n) is 6.57. The van der Waals surface area contributed by atoms with Gasteiger partial charge in [0.2, 0.25) is 15.9 Å². The first-order valence-corrected chi connectivity index (χ1v) is 8.28. The minimum atomic E-state index is -3.68. The molecule has 1 atom stereocenters. The standard InChI is InChI=1S/C13H16F2N2O4S/c14-12(15)7-21-11-4-2-1-3-10(11)17-6-9(5-13(17)18)8-22(16,19)20/h1-4,9,12H,5-8H2,(H2,16,19,20). The van der Waals surface area contributed by atoms with Crippen LogP contribution >= 0.6 is 0 Å². The molecule has 22 heavy (non-hydrogen) atoms. The van der Waals surface area contributed by atoms with Crippen LogP contribution in [0.1, 0.15) is 6.42 Å². The van der Waals surface area contributed by atoms with Gasteiger partial charge in [0.1, 0.15) is 12.4 Å². The molecule has 1 fully saturated rings. The van der Waals surface area contributed by atoms with E-state index in [0.717, 1.165) is 0 Å². The number of ether oxygens (including phenoxy) is 1. The molecular weight excluding hydrogens is 318 g/mol. The van der Waals surface area contributed by atoms with Gasteiger partial charge < -0.3 is 9.64 Å². The molecule has 1 heterocycles. The summed E-state index contributed by atoms with van der Waals surface area (Å²) < 4.78 is 51.8. The summed E-state index contributed by atoms with van der Waals surface area (Å²) in [6.07, 6.45) is -2.59. The highest BCUT2D eigenvalue weighted by atomic mass is 32.2. The Hall–Kier alpha value is -1.74. The molecule has 0 spiro atoms. The highest BCUT2D eigenvalue weighted by Gasteiger charge is 2.34. The van der Waals surface area contributed by atoms with E-state index in [4.69, 9.17) is 9.88 Å². The van der Waals surface area contributed by atoms with Gasteiger partial charge in [-0.2, -0.15) is 0 Å². The lowest BCUT2D eigenvalue weighted by Gasteiger charge is -2.20. The lowest BCUT2D eigenvalue weighted by atomic mass is 10.1. The number of carbonyl (C=O) groups is 1. The summed E-state index contributed by atoms with van der Waals surface area (Å²) in [5.74, 6) is -0.852. The molecule has 0 saturated carbocycles. The maximum Gasteiger partial charge on any atom is 0.272 e. The van der Waals surface area contributed by atoms with Crippen LogP contribution in [0.15, 0.2) is 24.3 Å². The predicted octanol–water partition coefficient (Wildman–Crippen LogP) is 0.972. The Morgan fingerprint density at radius 3 is 2.68 bits per heavy atom. The Balaban J connectivity index is 2.16. The van der Waals surface area contributed by atoms with E-state index < -0.39 is 29.0 Å². The van der Waals surface area contributed by atoms with Crippen LogP contribution in [-0.2, 0) is 14.8 Å². The van der Waals surface area contributed by atoms with Crippen LogP contribution in [-0.4, -0.2) is 39.7 Å². The van der Waals surface area contributed by atoms with Crippen molar-refractivity contribution < 1.29 is 26.7 Å². The molecule has 0 aromatic heterocycles. The van der Waals surface area contributed by atoms with Crippen LogP contribution in [0.25, 0.3) is 0 Å². The second-order valence-corrected chi connectivity index (χ2v) is 6.73. The Morgan fingerprint density at radius 2 is 2.05 bits per heavy atom. The van der Waals surface area contributed by atoms with Gasteiger partial charge in [-0.3, -0.25) is 4.79 Å². The van der Waals surface area contributed by atoms with Gasteiger partial charge in [0.05, 0.1) is 11.4 Å². The van der Waals surface area contributed by atoms with Crippen molar-refractivity contribution >= 4 is 21.6 Å². The van der Waals surface area contributed by atoms with Crippen LogP contribution in [0.5, 0.6) is 5.75 Å². The molecule has 0 bridgehead atoms. The molecule has 9 heteroatoms. The molecule has 2 N–H and O–H groups in total. The van der Waals surface area contributed by atoms with E-state index in [-0.39, 0.29) is 30.4 Å². The average Bonchev–Trinajstić information content (AvgIpc) is 2.75. The summed E-state index contributed by atoms with van der Waals surface area (Å²) in [6.45, 7) is -0.621. The smallest absolute Gasteiger partial charge is 0.272 e. The van der Waals surface area contributed by atoms with Crippen molar-refractivity contribution in [2.45, 2.75) is 12.8 Å². The maximum absolute atomic E-state index is 12.3. The summed E-state index contributed by atoms with van der Waals surface area (Å²) in [7, 11) is -3.68. The van der Waals surface area contributed by atoms with Gasteiger partial charge in [-0.25, -0.2) is 22.3 Å². The summed E-state index contributed by atoms with van der Waals surface area (Å²) in [5, 5.41) is 4.99. The van der Waals surface area contributed by atoms with Crippen molar-refractivity contribution in [1.82, 2.24) is 0 Å². The molecule has 0 aliphatic carbocycles. The van der Waals surface area contributed by atoms with Gasteiger partial charge >= 0.3 is 0 Å². The number of halogens is 2. The summed E-state index contributed by atoms with van der Waals surface area (Å²) in [4.78, 5) is 13.4. The van der Waals surface area contributed by atoms with E-state index in [2.05, 4.69) is 0 Å². The van der Waals surface area contributed by atoms with Crippen molar-refractivity contribution in [3.8, 4) is 5.75 Å². The number of amides is 1. The molecule has 122 valence electrons. The molecule has 1 aromatic carbocycles. The number of rotatable bonds is 6. The zero-order valence-corrected chi connectivity index (χ0v) is 12.4. The van der Waals surface area contributed by atoms with E-state index in [9.17, 15) is 22.0 Å². The fourth-order valence-electron chi connectivity index (χ4n) is 2.41. The molecule has 1 unspecified atom stereocenters. The van der Waals surface area contributed by atoms with Crippen molar-refractivity contribution in [3.05, 3.63) is 24.3 Å². The second-order valence-electron chi connectivity index (χ2n) is 5.07. The Bertz CT molecular complexity index is 651. The Morgan fingerprint density at radius 1 is 1.36 bits per heavy atom. The fraction of sp³-hybridized carbons (Fsp3) is 0.462. The number of hydrogen-bond acceptors (Lipinski definition) is 4. The third-order valence-corrected chi connectivity index (χ3v) is 4.13. The fourth-order valence-corrected chi connectivity index (χ4v) is 3.29. The van der Waals surface area contributed by atoms with Crippen molar-refractivity contribution in [3.63, 3.8) is 0 Å². The minimum absolute atomic E-state index is 0.0413. The molecule has 1 amide bonds. The SMILES string of the molecule is NS(=O)(=O)CC1CC(=O)N(c2ccccc2OCC(F)F)C1. The second kappa shape index (κ2) is 6.57. The monoisotopic (exact) mass is 334 g/mol. The van der Waals surface area contributed by atoms with E-state index >= 15 is 0 Å². The molecular formula is C13H16F2N2O4S. The summed E-state index contributed by atoms with van der Waals surface area (Å²) in [6, 6.07) is 6.30. The molecule has 1 aliphatic heterocycles. The number of hydrogen-bond donors (Lipinski definition) is 1. The van der Waals surface area contributed by atoms with Crippen molar-refractivity contribution in [2.75, 3.05) is 23.8 Å². The lowest BCUT2D eigenvalue weighted by Crippen LogP contribution is -2.28. The first kappa shape index (κ1) is 16.6. The van der Waals surface area contributed by atoms with Gasteiger partial charge in [0, 0.05) is 18.9 Å². The number of para-hydroxylation sites is 2. The zero-order valence-electron chi connectivity index (χ0n) is 11.6. The largest absolute Gasteiger partial charge is 0.485 e. The molecule has 6 nitrogen and oxygen atoms in total. The molecule has 1 aromatic rings. The maximum atomic E-state index is 12.3. The number of primary sulfonamides is 1. The van der Waals surface area contributed by atoms with E-state index in [1.165, 1.54) is 11.0 Å². The van der Waals surface area contributed by atoms with Gasteiger partial charge in [0.15, 0.2) is 0 Å². The van der Waals surface area contributed by atoms with Crippen LogP contribution in [0.4, 0.5) is 14.5 Å². The summed E-state index contributed by atoms with van der Waals surface area (Å²) in [5.41, 5.74) is 0.352. The number of carbonyl (C=O) groups excluding carboxylic acids is 1. The van der Waals surface area contributed by atoms with Crippen LogP contribution in [0.2, 0.25) is 0 Å². The van der Waals surface area contributed by atoms with E-state index in [0.29, 0.717) is 5.69 Å². The van der Waals surface area contributed by atoms with Gasteiger partial charge in [-0.15, -0.1) is 0 Å². The number of nitrogens with zero attached hydrogens (tertiary/aromatic N) is 1. The van der Waals surface area contributed by atoms with Gasteiger partial charge in [-0.05, 0) is 12.1 Å². The Labute approximate surface area is 126 Å². The minimum Gasteiger partial charge on any atom is -0.485 e. The van der Waals surface area contributed by atoms with Crippen LogP contribution in [0.3, 0.4) is 0 Å². The highest BCUT2D eigenvalue weighted by Crippen LogP contribution is 2.33. The normalized spacial score (nSPS) is 19.0. The third kappa shape index (κ3) is 4.38. The average molecular weight is 334 g/mol. The number of benzene rings is 1. The number of anilines is 1. The van der Waals surface area contributed by atoms with E-state index in [1.807, 2.05) is 0 Å². The van der Waals surface area contributed by atoms with Crippen molar-refractivity contribution in [1.29, 1.82) is 0 Å². The number of alkyl halides is 2.